The number of anilines is 1. The molecule has 0 aromatic heterocycles. The number of benzene rings is 2. The minimum Gasteiger partial charge on any atom is -0.545 e. The normalized spacial score (nSPS) is 11.3. The van der Waals surface area contributed by atoms with E-state index in [4.69, 9.17) is 12.2 Å². The number of carboxylic acid groups (broad SMARTS) is 1. The molecule has 0 saturated carbocycles. The first-order valence-corrected chi connectivity index (χ1v) is 7.26. The molecule has 130 valence electrons. The fraction of sp³-hybridized carbons (Fsp3) is 0.0625. The van der Waals surface area contributed by atoms with E-state index in [1.807, 2.05) is 0 Å². The molecule has 0 fully saturated rings. The zero-order valence-electron chi connectivity index (χ0n) is 12.5. The van der Waals surface area contributed by atoms with E-state index in [2.05, 4.69) is 15.8 Å². The Labute approximate surface area is 146 Å². The maximum Gasteiger partial charge on any atom is 0.418 e. The van der Waals surface area contributed by atoms with E-state index in [0.29, 0.717) is 5.56 Å². The van der Waals surface area contributed by atoms with Crippen molar-refractivity contribution in [1.29, 1.82) is 0 Å². The van der Waals surface area contributed by atoms with Crippen LogP contribution in [0.25, 0.3) is 0 Å². The summed E-state index contributed by atoms with van der Waals surface area (Å²) in [6.07, 6.45) is -3.17. The van der Waals surface area contributed by atoms with Crippen LogP contribution in [0, 0.1) is 0 Å². The molecule has 0 heterocycles. The maximum atomic E-state index is 12.9. The average molecular weight is 366 g/mol. The van der Waals surface area contributed by atoms with Gasteiger partial charge in [-0.15, -0.1) is 0 Å². The van der Waals surface area contributed by atoms with Crippen LogP contribution >= 0.6 is 12.2 Å². The zero-order valence-corrected chi connectivity index (χ0v) is 13.3. The number of aromatic carboxylic acids is 1. The van der Waals surface area contributed by atoms with Crippen LogP contribution in [-0.2, 0) is 6.18 Å². The summed E-state index contributed by atoms with van der Waals surface area (Å²) in [7, 11) is 0. The molecule has 0 bridgehead atoms. The summed E-state index contributed by atoms with van der Waals surface area (Å²) in [5.74, 6) is -1.30. The molecule has 9 heteroatoms. The Hall–Kier alpha value is -2.94. The van der Waals surface area contributed by atoms with E-state index in [9.17, 15) is 23.1 Å². The molecule has 0 amide bonds. The number of alkyl halides is 3. The van der Waals surface area contributed by atoms with Gasteiger partial charge in [0.05, 0.1) is 23.4 Å². The van der Waals surface area contributed by atoms with Crippen molar-refractivity contribution in [2.75, 3.05) is 5.32 Å². The second-order valence-electron chi connectivity index (χ2n) is 4.78. The average Bonchev–Trinajstić information content (AvgIpc) is 2.55. The standard InChI is InChI=1S/C16H12F3N3O2S/c17-16(18,19)12-3-1-2-4-13(12)21-15(25)22-20-9-10-5-7-11(8-6-10)14(23)24/h1-9H,(H,23,24)(H2,21,22,25)/p-1/b20-9-. The molecule has 2 N–H and O–H groups in total. The van der Waals surface area contributed by atoms with Crippen molar-refractivity contribution in [3.63, 3.8) is 0 Å². The number of para-hydroxylation sites is 1. The smallest absolute Gasteiger partial charge is 0.418 e. The van der Waals surface area contributed by atoms with E-state index in [0.717, 1.165) is 6.07 Å². The molecule has 0 aliphatic rings. The molecule has 0 aliphatic carbocycles. The molecule has 0 unspecified atom stereocenters. The topological polar surface area (TPSA) is 76.5 Å². The molecular formula is C16H11F3N3O2S-. The van der Waals surface area contributed by atoms with Crippen molar-refractivity contribution in [3.05, 3.63) is 65.2 Å². The van der Waals surface area contributed by atoms with E-state index in [1.165, 1.54) is 48.7 Å². The molecule has 5 nitrogen and oxygen atoms in total. The molecule has 0 saturated heterocycles. The minimum absolute atomic E-state index is 0.0195. The number of nitrogens with zero attached hydrogens (tertiary/aromatic N) is 1. The van der Waals surface area contributed by atoms with Gasteiger partial charge in [0.1, 0.15) is 0 Å². The predicted octanol–water partition coefficient (Wildman–Crippen LogP) is 2.39. The lowest BCUT2D eigenvalue weighted by Gasteiger charge is -2.14. The number of carbonyl (C=O) groups is 1. The third kappa shape index (κ3) is 5.28. The molecule has 2 aromatic carbocycles. The summed E-state index contributed by atoms with van der Waals surface area (Å²) in [6, 6.07) is 10.6. The minimum atomic E-state index is -4.51. The monoisotopic (exact) mass is 366 g/mol. The van der Waals surface area contributed by atoms with Gasteiger partial charge in [-0.25, -0.2) is 0 Å². The van der Waals surface area contributed by atoms with E-state index in [-0.39, 0.29) is 16.4 Å². The summed E-state index contributed by atoms with van der Waals surface area (Å²) in [5, 5.41) is 16.7. The zero-order chi connectivity index (χ0) is 18.4. The highest BCUT2D eigenvalue weighted by Gasteiger charge is 2.33. The molecule has 0 aliphatic heterocycles. The fourth-order valence-electron chi connectivity index (χ4n) is 1.86. The quantitative estimate of drug-likeness (QED) is 0.494. The number of hydrogen-bond acceptors (Lipinski definition) is 4. The van der Waals surface area contributed by atoms with Crippen LogP contribution in [0.3, 0.4) is 0 Å². The first kappa shape index (κ1) is 18.4. The second-order valence-corrected chi connectivity index (χ2v) is 5.19. The maximum absolute atomic E-state index is 12.9. The largest absolute Gasteiger partial charge is 0.545 e. The molecule has 0 atom stereocenters. The van der Waals surface area contributed by atoms with Gasteiger partial charge in [-0.1, -0.05) is 36.4 Å². The SMILES string of the molecule is O=C([O-])c1ccc(/C=N\NC(=S)Nc2ccccc2C(F)(F)F)cc1. The molecule has 25 heavy (non-hydrogen) atoms. The van der Waals surface area contributed by atoms with Crippen LogP contribution in [0.2, 0.25) is 0 Å². The van der Waals surface area contributed by atoms with Gasteiger partial charge in [-0.3, -0.25) is 5.43 Å². The number of hydrogen-bond donors (Lipinski definition) is 2. The Morgan fingerprint density at radius 2 is 1.76 bits per heavy atom. The van der Waals surface area contributed by atoms with Crippen molar-refractivity contribution in [1.82, 2.24) is 5.43 Å². The van der Waals surface area contributed by atoms with Crippen LogP contribution in [0.4, 0.5) is 18.9 Å². The molecule has 2 aromatic rings. The van der Waals surface area contributed by atoms with Crippen molar-refractivity contribution in [2.45, 2.75) is 6.18 Å². The number of thiocarbonyl (C=S) groups is 1. The van der Waals surface area contributed by atoms with Crippen LogP contribution in [0.5, 0.6) is 0 Å². The Kier molecular flexibility index (Phi) is 5.71. The van der Waals surface area contributed by atoms with Crippen LogP contribution in [-0.4, -0.2) is 17.3 Å². The number of halogens is 3. The van der Waals surface area contributed by atoms with Crippen LogP contribution in [0.15, 0.2) is 53.6 Å². The highest BCUT2D eigenvalue weighted by molar-refractivity contribution is 7.80. The summed E-state index contributed by atoms with van der Waals surface area (Å²) < 4.78 is 38.6. The van der Waals surface area contributed by atoms with Crippen molar-refractivity contribution < 1.29 is 23.1 Å². The predicted molar refractivity (Wildman–Crippen MR) is 89.2 cm³/mol. The van der Waals surface area contributed by atoms with E-state index in [1.54, 1.807) is 0 Å². The second kappa shape index (κ2) is 7.75. The van der Waals surface area contributed by atoms with Crippen LogP contribution in [0.1, 0.15) is 21.5 Å². The Balaban J connectivity index is 1.98. The number of carboxylic acids is 1. The van der Waals surface area contributed by atoms with E-state index >= 15 is 0 Å². The van der Waals surface area contributed by atoms with Gasteiger partial charge in [-0.05, 0) is 35.5 Å². The lowest BCUT2D eigenvalue weighted by Crippen LogP contribution is -2.25. The number of hydrazone groups is 1. The molecule has 0 radical (unpaired) electrons. The van der Waals surface area contributed by atoms with Gasteiger partial charge >= 0.3 is 6.18 Å². The van der Waals surface area contributed by atoms with Crippen molar-refractivity contribution >= 4 is 35.2 Å². The lowest BCUT2D eigenvalue weighted by molar-refractivity contribution is -0.255. The Morgan fingerprint density at radius 3 is 2.36 bits per heavy atom. The highest BCUT2D eigenvalue weighted by Crippen LogP contribution is 2.34. The molecule has 0 spiro atoms. The third-order valence-electron chi connectivity index (χ3n) is 3.01. The fourth-order valence-corrected chi connectivity index (χ4v) is 2.02. The highest BCUT2D eigenvalue weighted by atomic mass is 32.1. The van der Waals surface area contributed by atoms with Gasteiger partial charge in [0.15, 0.2) is 5.11 Å². The first-order valence-electron chi connectivity index (χ1n) is 6.85. The van der Waals surface area contributed by atoms with Gasteiger partial charge in [0.25, 0.3) is 0 Å². The first-order chi connectivity index (χ1) is 11.8. The summed E-state index contributed by atoms with van der Waals surface area (Å²) in [5.41, 5.74) is 1.93. The van der Waals surface area contributed by atoms with Gasteiger partial charge in [0.2, 0.25) is 0 Å². The summed E-state index contributed by atoms with van der Waals surface area (Å²) in [4.78, 5) is 10.6. The van der Waals surface area contributed by atoms with Gasteiger partial charge < -0.3 is 15.2 Å². The molecular weight excluding hydrogens is 355 g/mol. The van der Waals surface area contributed by atoms with Crippen LogP contribution < -0.4 is 15.8 Å². The lowest BCUT2D eigenvalue weighted by atomic mass is 10.1. The number of rotatable bonds is 4. The molecule has 2 rings (SSSR count). The summed E-state index contributed by atoms with van der Waals surface area (Å²) in [6.45, 7) is 0. The van der Waals surface area contributed by atoms with Crippen molar-refractivity contribution in [2.24, 2.45) is 5.10 Å². The van der Waals surface area contributed by atoms with E-state index < -0.39 is 17.7 Å². The Bertz CT molecular complexity index is 805. The third-order valence-corrected chi connectivity index (χ3v) is 3.20. The Morgan fingerprint density at radius 1 is 1.12 bits per heavy atom. The van der Waals surface area contributed by atoms with Gasteiger partial charge in [0, 0.05) is 0 Å². The van der Waals surface area contributed by atoms with Crippen molar-refractivity contribution in [3.8, 4) is 0 Å². The number of carbonyl (C=O) groups excluding carboxylic acids is 1. The number of nitrogens with one attached hydrogen (secondary N) is 2. The van der Waals surface area contributed by atoms with Gasteiger partial charge in [-0.2, -0.15) is 18.3 Å². The summed E-state index contributed by atoms with van der Waals surface area (Å²) >= 11 is 4.90.